The molecule has 2 unspecified atom stereocenters. The van der Waals surface area contributed by atoms with Gasteiger partial charge in [-0.05, 0) is 0 Å². The summed E-state index contributed by atoms with van der Waals surface area (Å²) in [5.41, 5.74) is 0. The summed E-state index contributed by atoms with van der Waals surface area (Å²) < 4.78 is 17.1. The maximum Gasteiger partial charge on any atom is 0.408 e. The molecule has 1 rings (SSSR count). The van der Waals surface area contributed by atoms with Crippen molar-refractivity contribution in [2.75, 3.05) is 13.7 Å². The van der Waals surface area contributed by atoms with Crippen molar-refractivity contribution in [3.63, 3.8) is 0 Å². The first-order valence-electron chi connectivity index (χ1n) is 3.77. The lowest BCUT2D eigenvalue weighted by molar-refractivity contribution is -0.145. The first kappa shape index (κ1) is 9.76. The van der Waals surface area contributed by atoms with E-state index in [0.29, 0.717) is 0 Å². The molecule has 0 bridgehead atoms. The van der Waals surface area contributed by atoms with Crippen LogP contribution in [-0.4, -0.2) is 47.9 Å². The molecule has 6 heteroatoms. The largest absolute Gasteiger partial charge is 0.467 e. The molecule has 1 heterocycles. The number of rotatable bonds is 1. The summed E-state index contributed by atoms with van der Waals surface area (Å²) >= 11 is 0. The van der Waals surface area contributed by atoms with Crippen molar-refractivity contribution in [2.45, 2.75) is 18.6 Å². The number of esters is 1. The van der Waals surface area contributed by atoms with Gasteiger partial charge in [-0.25, -0.2) is 14.0 Å². The molecule has 2 atom stereocenters. The van der Waals surface area contributed by atoms with E-state index in [1.807, 2.05) is 0 Å². The quantitative estimate of drug-likeness (QED) is 0.603. The number of halogens is 1. The standard InChI is InChI=1S/C7H10FNO4/c1-13-6(10)5-2-4(8)3-9(5)7(11)12/h4-5H,2-3H2,1H3,(H,11,12). The van der Waals surface area contributed by atoms with Crippen LogP contribution in [0, 0.1) is 0 Å². The number of ether oxygens (including phenoxy) is 1. The summed E-state index contributed by atoms with van der Waals surface area (Å²) in [5.74, 6) is -0.706. The third-order valence-electron chi connectivity index (χ3n) is 1.97. The maximum atomic E-state index is 12.8. The summed E-state index contributed by atoms with van der Waals surface area (Å²) in [4.78, 5) is 22.3. The molecule has 0 aromatic heterocycles. The van der Waals surface area contributed by atoms with Crippen LogP contribution in [0.4, 0.5) is 9.18 Å². The molecule has 1 saturated heterocycles. The number of carbonyl (C=O) groups is 2. The molecule has 74 valence electrons. The molecule has 0 aromatic rings. The predicted octanol–water partition coefficient (Wildman–Crippen LogP) is 0.250. The van der Waals surface area contributed by atoms with E-state index in [2.05, 4.69) is 4.74 Å². The lowest BCUT2D eigenvalue weighted by Crippen LogP contribution is -2.40. The molecule has 0 radical (unpaired) electrons. The minimum Gasteiger partial charge on any atom is -0.467 e. The lowest BCUT2D eigenvalue weighted by Gasteiger charge is -2.17. The average Bonchev–Trinajstić information content (AvgIpc) is 2.46. The van der Waals surface area contributed by atoms with E-state index in [1.165, 1.54) is 0 Å². The van der Waals surface area contributed by atoms with Crippen LogP contribution in [0.2, 0.25) is 0 Å². The van der Waals surface area contributed by atoms with E-state index in [9.17, 15) is 14.0 Å². The number of alkyl halides is 1. The fourth-order valence-electron chi connectivity index (χ4n) is 1.36. The van der Waals surface area contributed by atoms with Crippen molar-refractivity contribution < 1.29 is 23.8 Å². The zero-order chi connectivity index (χ0) is 10.0. The van der Waals surface area contributed by atoms with Gasteiger partial charge in [0.25, 0.3) is 0 Å². The van der Waals surface area contributed by atoms with Crippen LogP contribution in [0.1, 0.15) is 6.42 Å². The Morgan fingerprint density at radius 3 is 2.69 bits per heavy atom. The molecular weight excluding hydrogens is 181 g/mol. The number of methoxy groups -OCH3 is 1. The molecule has 0 aromatic carbocycles. The second-order valence-electron chi connectivity index (χ2n) is 2.81. The fraction of sp³-hybridized carbons (Fsp3) is 0.714. The van der Waals surface area contributed by atoms with Gasteiger partial charge in [-0.3, -0.25) is 4.90 Å². The molecule has 5 nitrogen and oxygen atoms in total. The number of hydrogen-bond donors (Lipinski definition) is 1. The van der Waals surface area contributed by atoms with Gasteiger partial charge in [0.05, 0.1) is 13.7 Å². The lowest BCUT2D eigenvalue weighted by atomic mass is 10.2. The maximum absolute atomic E-state index is 12.8. The third-order valence-corrected chi connectivity index (χ3v) is 1.97. The van der Waals surface area contributed by atoms with Crippen molar-refractivity contribution in [3.8, 4) is 0 Å². The van der Waals surface area contributed by atoms with Gasteiger partial charge in [0.15, 0.2) is 0 Å². The van der Waals surface area contributed by atoms with Crippen molar-refractivity contribution in [2.24, 2.45) is 0 Å². The Hall–Kier alpha value is -1.33. The first-order chi connectivity index (χ1) is 6.06. The van der Waals surface area contributed by atoms with Gasteiger partial charge in [0.2, 0.25) is 0 Å². The highest BCUT2D eigenvalue weighted by Crippen LogP contribution is 2.21. The van der Waals surface area contributed by atoms with Gasteiger partial charge in [-0.1, -0.05) is 0 Å². The Bertz CT molecular complexity index is 233. The number of hydrogen-bond acceptors (Lipinski definition) is 3. The van der Waals surface area contributed by atoms with Crippen LogP contribution in [0.5, 0.6) is 0 Å². The molecule has 1 fully saturated rings. The van der Waals surface area contributed by atoms with Crippen LogP contribution in [0.3, 0.4) is 0 Å². The van der Waals surface area contributed by atoms with Gasteiger partial charge in [0.1, 0.15) is 12.2 Å². The van der Waals surface area contributed by atoms with Crippen LogP contribution in [0.15, 0.2) is 0 Å². The SMILES string of the molecule is COC(=O)C1CC(F)CN1C(=O)O. The molecule has 13 heavy (non-hydrogen) atoms. The van der Waals surface area contributed by atoms with E-state index in [4.69, 9.17) is 5.11 Å². The minimum atomic E-state index is -1.30. The molecule has 0 saturated carbocycles. The topological polar surface area (TPSA) is 66.8 Å². The number of likely N-dealkylation sites (tertiary alicyclic amines) is 1. The summed E-state index contributed by atoms with van der Waals surface area (Å²) in [6, 6.07) is -0.988. The van der Waals surface area contributed by atoms with E-state index in [-0.39, 0.29) is 13.0 Å². The molecular formula is C7H10FNO4. The number of carbonyl (C=O) groups excluding carboxylic acids is 1. The van der Waals surface area contributed by atoms with Crippen LogP contribution < -0.4 is 0 Å². The average molecular weight is 191 g/mol. The fourth-order valence-corrected chi connectivity index (χ4v) is 1.36. The normalized spacial score (nSPS) is 27.4. The number of nitrogens with zero attached hydrogens (tertiary/aromatic N) is 1. The summed E-state index contributed by atoms with van der Waals surface area (Å²) in [7, 11) is 1.15. The highest BCUT2D eigenvalue weighted by atomic mass is 19.1. The Balaban J connectivity index is 2.71. The predicted molar refractivity (Wildman–Crippen MR) is 40.0 cm³/mol. The van der Waals surface area contributed by atoms with E-state index in [1.54, 1.807) is 0 Å². The van der Waals surface area contributed by atoms with Crippen LogP contribution >= 0.6 is 0 Å². The van der Waals surface area contributed by atoms with E-state index < -0.39 is 24.3 Å². The van der Waals surface area contributed by atoms with Gasteiger partial charge < -0.3 is 9.84 Å². The molecule has 1 N–H and O–H groups in total. The molecule has 0 spiro atoms. The van der Waals surface area contributed by atoms with Crippen molar-refractivity contribution in [1.29, 1.82) is 0 Å². The third kappa shape index (κ3) is 1.88. The molecule has 1 aliphatic rings. The van der Waals surface area contributed by atoms with Gasteiger partial charge in [-0.15, -0.1) is 0 Å². The Kier molecular flexibility index (Phi) is 2.69. The van der Waals surface area contributed by atoms with E-state index >= 15 is 0 Å². The van der Waals surface area contributed by atoms with E-state index in [0.717, 1.165) is 12.0 Å². The smallest absolute Gasteiger partial charge is 0.408 e. The highest BCUT2D eigenvalue weighted by Gasteiger charge is 2.40. The zero-order valence-corrected chi connectivity index (χ0v) is 7.07. The van der Waals surface area contributed by atoms with Gasteiger partial charge >= 0.3 is 12.1 Å². The second-order valence-corrected chi connectivity index (χ2v) is 2.81. The molecule has 1 amide bonds. The summed E-state index contributed by atoms with van der Waals surface area (Å²) in [6.45, 7) is -0.255. The number of carboxylic acid groups (broad SMARTS) is 1. The number of amides is 1. The van der Waals surface area contributed by atoms with Gasteiger partial charge in [-0.2, -0.15) is 0 Å². The summed E-state index contributed by atoms with van der Waals surface area (Å²) in [5, 5.41) is 8.60. The second kappa shape index (κ2) is 3.59. The van der Waals surface area contributed by atoms with Gasteiger partial charge in [0, 0.05) is 6.42 Å². The van der Waals surface area contributed by atoms with Crippen LogP contribution in [-0.2, 0) is 9.53 Å². The van der Waals surface area contributed by atoms with Crippen molar-refractivity contribution in [1.82, 2.24) is 4.90 Å². The van der Waals surface area contributed by atoms with Crippen molar-refractivity contribution in [3.05, 3.63) is 0 Å². The minimum absolute atomic E-state index is 0.112. The molecule has 1 aliphatic heterocycles. The summed E-state index contributed by atoms with van der Waals surface area (Å²) in [6.07, 6.45) is -2.69. The monoisotopic (exact) mass is 191 g/mol. The molecule has 0 aliphatic carbocycles. The Morgan fingerprint density at radius 1 is 1.62 bits per heavy atom. The van der Waals surface area contributed by atoms with Crippen molar-refractivity contribution >= 4 is 12.1 Å². The first-order valence-corrected chi connectivity index (χ1v) is 3.77. The Labute approximate surface area is 74.1 Å². The Morgan fingerprint density at radius 2 is 2.23 bits per heavy atom. The van der Waals surface area contributed by atoms with Crippen LogP contribution in [0.25, 0.3) is 0 Å². The zero-order valence-electron chi connectivity index (χ0n) is 7.07. The highest BCUT2D eigenvalue weighted by molar-refractivity contribution is 5.81.